The molecule has 11 heteroatoms. The van der Waals surface area contributed by atoms with Crippen molar-refractivity contribution in [3.63, 3.8) is 0 Å². The zero-order valence-electron chi connectivity index (χ0n) is 24.3. The van der Waals surface area contributed by atoms with Crippen molar-refractivity contribution in [1.82, 2.24) is 35.5 Å². The number of halogens is 1. The summed E-state index contributed by atoms with van der Waals surface area (Å²) < 4.78 is 0. The molecule has 2 aromatic carbocycles. The van der Waals surface area contributed by atoms with Crippen molar-refractivity contribution in [3.8, 4) is 33.6 Å². The van der Waals surface area contributed by atoms with Gasteiger partial charge < -0.3 is 30.6 Å². The zero-order valence-corrected chi connectivity index (χ0v) is 25.2. The molecule has 4 aromatic rings. The van der Waals surface area contributed by atoms with E-state index < -0.39 is 12.1 Å². The fourth-order valence-corrected chi connectivity index (χ4v) is 6.06. The first-order valence-corrected chi connectivity index (χ1v) is 14.7. The molecule has 0 aliphatic carbocycles. The summed E-state index contributed by atoms with van der Waals surface area (Å²) in [7, 11) is 0. The highest BCUT2D eigenvalue weighted by atomic mass is 35.5. The number of nitrogens with zero attached hydrogens (tertiary/aromatic N) is 3. The van der Waals surface area contributed by atoms with E-state index in [-0.39, 0.29) is 30.3 Å². The van der Waals surface area contributed by atoms with E-state index in [2.05, 4.69) is 79.1 Å². The Morgan fingerprint density at radius 3 is 1.95 bits per heavy atom. The maximum Gasteiger partial charge on any atom is 0.405 e. The number of aromatic amines is 2. The van der Waals surface area contributed by atoms with Crippen LogP contribution in [0.15, 0.2) is 60.9 Å². The summed E-state index contributed by atoms with van der Waals surface area (Å²) in [5.41, 5.74) is 6.25. The van der Waals surface area contributed by atoms with E-state index in [1.807, 2.05) is 20.0 Å². The first-order valence-electron chi connectivity index (χ1n) is 14.7. The minimum absolute atomic E-state index is 0. The van der Waals surface area contributed by atoms with Crippen LogP contribution in [0.3, 0.4) is 0 Å². The number of nitrogens with one attached hydrogen (secondary N) is 4. The predicted octanol–water partition coefficient (Wildman–Crippen LogP) is 5.94. The Balaban J connectivity index is 0.00000368. The van der Waals surface area contributed by atoms with Crippen molar-refractivity contribution in [3.05, 3.63) is 72.6 Å². The number of H-pyrrole nitrogens is 2. The molecule has 226 valence electrons. The minimum Gasteiger partial charge on any atom is -0.465 e. The molecule has 3 atom stereocenters. The largest absolute Gasteiger partial charge is 0.465 e. The highest BCUT2D eigenvalue weighted by Crippen LogP contribution is 2.33. The van der Waals surface area contributed by atoms with Gasteiger partial charge in [-0.05, 0) is 60.4 Å². The minimum atomic E-state index is -1.19. The Bertz CT molecular complexity index is 1540. The molecule has 5 N–H and O–H groups in total. The molecule has 2 saturated heterocycles. The van der Waals surface area contributed by atoms with Crippen LogP contribution >= 0.6 is 12.4 Å². The van der Waals surface area contributed by atoms with Crippen molar-refractivity contribution in [2.24, 2.45) is 5.92 Å². The second kappa shape index (κ2) is 13.0. The topological polar surface area (TPSA) is 139 Å². The Hall–Kier alpha value is -4.15. The van der Waals surface area contributed by atoms with Gasteiger partial charge in [0.15, 0.2) is 0 Å². The van der Waals surface area contributed by atoms with E-state index in [0.717, 1.165) is 71.1 Å². The molecule has 0 saturated carbocycles. The number of imidazole rings is 2. The summed E-state index contributed by atoms with van der Waals surface area (Å²) in [4.78, 5) is 42.4. The van der Waals surface area contributed by atoms with Crippen molar-refractivity contribution in [2.45, 2.75) is 57.7 Å². The first kappa shape index (κ1) is 30.3. The number of hydrogen-bond donors (Lipinski definition) is 5. The van der Waals surface area contributed by atoms with Crippen molar-refractivity contribution < 1.29 is 14.7 Å². The van der Waals surface area contributed by atoms with Gasteiger partial charge in [-0.3, -0.25) is 4.79 Å². The van der Waals surface area contributed by atoms with Gasteiger partial charge in [0.05, 0.1) is 35.9 Å². The van der Waals surface area contributed by atoms with Gasteiger partial charge in [-0.1, -0.05) is 62.4 Å². The van der Waals surface area contributed by atoms with Crippen molar-refractivity contribution in [1.29, 1.82) is 0 Å². The van der Waals surface area contributed by atoms with Crippen LogP contribution in [-0.4, -0.2) is 61.1 Å². The number of aromatic nitrogens is 4. The van der Waals surface area contributed by atoms with Crippen molar-refractivity contribution in [2.75, 3.05) is 13.1 Å². The van der Waals surface area contributed by atoms with Gasteiger partial charge in [-0.2, -0.15) is 0 Å². The van der Waals surface area contributed by atoms with Crippen LogP contribution < -0.4 is 10.6 Å². The number of likely N-dealkylation sites (tertiary alicyclic amines) is 1. The summed E-state index contributed by atoms with van der Waals surface area (Å²) in [5, 5.41) is 15.1. The van der Waals surface area contributed by atoms with Crippen LogP contribution in [0.5, 0.6) is 0 Å². The molecule has 2 aliphatic heterocycles. The molecule has 43 heavy (non-hydrogen) atoms. The number of carboxylic acid groups (broad SMARTS) is 1. The normalized spacial score (nSPS) is 18.9. The maximum absolute atomic E-state index is 13.3. The number of rotatable bonds is 8. The lowest BCUT2D eigenvalue weighted by molar-refractivity contribution is -0.135. The van der Waals surface area contributed by atoms with E-state index in [4.69, 9.17) is 0 Å². The Morgan fingerprint density at radius 2 is 1.42 bits per heavy atom. The summed E-state index contributed by atoms with van der Waals surface area (Å²) in [6, 6.07) is 16.2. The predicted molar refractivity (Wildman–Crippen MR) is 168 cm³/mol. The van der Waals surface area contributed by atoms with Crippen molar-refractivity contribution >= 4 is 24.4 Å². The van der Waals surface area contributed by atoms with E-state index in [9.17, 15) is 14.7 Å². The molecule has 4 heterocycles. The molecule has 0 spiro atoms. The Morgan fingerprint density at radius 1 is 0.860 bits per heavy atom. The van der Waals surface area contributed by atoms with E-state index in [1.54, 1.807) is 11.1 Å². The first-order chi connectivity index (χ1) is 20.4. The van der Waals surface area contributed by atoms with E-state index in [0.29, 0.717) is 12.6 Å². The molecule has 0 bridgehead atoms. The second-order valence-electron chi connectivity index (χ2n) is 11.5. The van der Waals surface area contributed by atoms with Crippen LogP contribution in [0.4, 0.5) is 4.79 Å². The molecular weight excluding hydrogens is 566 g/mol. The molecule has 6 rings (SSSR count). The average Bonchev–Trinajstić information content (AvgIpc) is 3.81. The fraction of sp³-hybridized carbons (Fsp3) is 0.375. The molecule has 2 fully saturated rings. The molecule has 2 amide bonds. The molecule has 10 nitrogen and oxygen atoms in total. The van der Waals surface area contributed by atoms with Gasteiger partial charge in [0.2, 0.25) is 5.91 Å². The van der Waals surface area contributed by atoms with Gasteiger partial charge in [0.1, 0.15) is 17.7 Å². The number of benzene rings is 2. The lowest BCUT2D eigenvalue weighted by atomic mass is 10.0. The Kier molecular flexibility index (Phi) is 9.17. The third-order valence-corrected chi connectivity index (χ3v) is 8.37. The third-order valence-electron chi connectivity index (χ3n) is 8.37. The monoisotopic (exact) mass is 603 g/mol. The van der Waals surface area contributed by atoms with Crippen LogP contribution in [-0.2, 0) is 4.79 Å². The smallest absolute Gasteiger partial charge is 0.405 e. The summed E-state index contributed by atoms with van der Waals surface area (Å²) in [5.74, 6) is 1.36. The van der Waals surface area contributed by atoms with Gasteiger partial charge in [0.25, 0.3) is 0 Å². The van der Waals surface area contributed by atoms with E-state index >= 15 is 0 Å². The maximum atomic E-state index is 13.3. The highest BCUT2D eigenvalue weighted by molar-refractivity contribution is 5.86. The highest BCUT2D eigenvalue weighted by Gasteiger charge is 2.37. The number of amides is 2. The van der Waals surface area contributed by atoms with Crippen LogP contribution in [0, 0.1) is 5.92 Å². The van der Waals surface area contributed by atoms with Crippen LogP contribution in [0.1, 0.15) is 63.3 Å². The SMILES string of the molecule is CC(C)[C@H](NC(=O)O)C(=O)N1CCC[C@H]1c1ncc(-c2ccc(-c3ccc(-c4cnc([C@@H]5CCCN5)[nH]4)cc3)cc2)[nH]1.Cl. The summed E-state index contributed by atoms with van der Waals surface area (Å²) in [6.07, 6.45) is 6.44. The summed E-state index contributed by atoms with van der Waals surface area (Å²) in [6.45, 7) is 5.31. The van der Waals surface area contributed by atoms with Gasteiger partial charge in [-0.25, -0.2) is 14.8 Å². The van der Waals surface area contributed by atoms with Gasteiger partial charge in [-0.15, -0.1) is 12.4 Å². The lowest BCUT2D eigenvalue weighted by Crippen LogP contribution is -2.50. The summed E-state index contributed by atoms with van der Waals surface area (Å²) >= 11 is 0. The van der Waals surface area contributed by atoms with Crippen LogP contribution in [0.25, 0.3) is 33.6 Å². The van der Waals surface area contributed by atoms with Crippen LogP contribution in [0.2, 0.25) is 0 Å². The fourth-order valence-electron chi connectivity index (χ4n) is 6.06. The average molecular weight is 604 g/mol. The lowest BCUT2D eigenvalue weighted by Gasteiger charge is -2.29. The Labute approximate surface area is 257 Å². The van der Waals surface area contributed by atoms with E-state index in [1.165, 1.54) is 6.42 Å². The molecule has 0 unspecified atom stereocenters. The second-order valence-corrected chi connectivity index (χ2v) is 11.5. The molecule has 0 radical (unpaired) electrons. The zero-order chi connectivity index (χ0) is 29.2. The molecule has 2 aliphatic rings. The molecular formula is C32H38ClN7O3. The quantitative estimate of drug-likeness (QED) is 0.169. The number of hydrogen-bond acceptors (Lipinski definition) is 5. The number of carbonyl (C=O) groups is 2. The third kappa shape index (κ3) is 6.45. The van der Waals surface area contributed by atoms with Gasteiger partial charge in [0, 0.05) is 6.54 Å². The van der Waals surface area contributed by atoms with Gasteiger partial charge >= 0.3 is 6.09 Å². The molecule has 2 aromatic heterocycles. The number of carbonyl (C=O) groups excluding carboxylic acids is 1. The standard InChI is InChI=1S/C32H37N7O3.ClH/c1-19(2)28(38-32(41)42)31(40)39-16-4-6-27(39)30-35-18-26(37-30)23-13-9-21(10-14-23)20-7-11-22(12-8-20)25-17-34-29(36-25)24-5-3-15-33-24;/h7-14,17-19,24,27-28,33,38H,3-6,15-16H2,1-2H3,(H,34,36)(H,35,37)(H,41,42);1H/t24-,27-,28-;/m0./s1.